The Morgan fingerprint density at radius 2 is 0.823 bits per heavy atom. The SMILES string of the molecule is CC1(C)c2ccccc2-c2ccc(N(c3ccc(-c4ccc5c(c4)Oc4ccccc4N5c4ccccc4)cc3)c3ccc(N4c5ccccc5Oc5ccccc54)cc3)cc21. The van der Waals surface area contributed by atoms with E-state index in [-0.39, 0.29) is 5.41 Å². The Bertz CT molecular complexity index is 3130. The average molecular weight is 800 g/mol. The molecule has 2 heterocycles. The molecule has 9 aromatic rings. The summed E-state index contributed by atoms with van der Waals surface area (Å²) in [6.45, 7) is 4.68. The molecule has 12 rings (SSSR count). The van der Waals surface area contributed by atoms with Crippen LogP contribution >= 0.6 is 0 Å². The van der Waals surface area contributed by atoms with Crippen molar-refractivity contribution in [2.75, 3.05) is 14.7 Å². The van der Waals surface area contributed by atoms with Crippen molar-refractivity contribution in [3.8, 4) is 45.3 Å². The first-order valence-corrected chi connectivity index (χ1v) is 21.2. The van der Waals surface area contributed by atoms with Crippen molar-refractivity contribution in [1.82, 2.24) is 0 Å². The lowest BCUT2D eigenvalue weighted by molar-refractivity contribution is 0.477. The van der Waals surface area contributed by atoms with Gasteiger partial charge in [-0.25, -0.2) is 0 Å². The third-order valence-corrected chi connectivity index (χ3v) is 12.6. The number of nitrogens with zero attached hydrogens (tertiary/aromatic N) is 3. The second-order valence-electron chi connectivity index (χ2n) is 16.6. The molecule has 9 aromatic carbocycles. The zero-order valence-corrected chi connectivity index (χ0v) is 34.4. The molecule has 2 aliphatic heterocycles. The molecular formula is C57H41N3O2. The van der Waals surface area contributed by atoms with Gasteiger partial charge in [-0.1, -0.05) is 117 Å². The number of hydrogen-bond acceptors (Lipinski definition) is 5. The highest BCUT2D eigenvalue weighted by atomic mass is 16.5. The molecule has 0 unspecified atom stereocenters. The first-order chi connectivity index (χ1) is 30.5. The molecule has 0 radical (unpaired) electrons. The second-order valence-corrected chi connectivity index (χ2v) is 16.6. The highest BCUT2D eigenvalue weighted by Crippen LogP contribution is 2.54. The third kappa shape index (κ3) is 5.70. The molecule has 0 bridgehead atoms. The molecule has 0 spiro atoms. The van der Waals surface area contributed by atoms with Crippen molar-refractivity contribution >= 4 is 51.2 Å². The van der Waals surface area contributed by atoms with Crippen LogP contribution in [0.2, 0.25) is 0 Å². The van der Waals surface area contributed by atoms with E-state index in [0.29, 0.717) is 0 Å². The van der Waals surface area contributed by atoms with Crippen molar-refractivity contribution < 1.29 is 9.47 Å². The van der Waals surface area contributed by atoms with E-state index < -0.39 is 0 Å². The smallest absolute Gasteiger partial charge is 0.152 e. The molecule has 0 saturated carbocycles. The summed E-state index contributed by atoms with van der Waals surface area (Å²) in [5.41, 5.74) is 16.8. The molecule has 5 nitrogen and oxygen atoms in total. The fraction of sp³-hybridized carbons (Fsp3) is 0.0526. The molecule has 0 aromatic heterocycles. The van der Waals surface area contributed by atoms with Crippen LogP contribution < -0.4 is 24.2 Å². The molecule has 0 fully saturated rings. The monoisotopic (exact) mass is 799 g/mol. The number of fused-ring (bicyclic) bond motifs is 7. The van der Waals surface area contributed by atoms with Crippen molar-refractivity contribution in [1.29, 1.82) is 0 Å². The molecule has 3 aliphatic rings. The van der Waals surface area contributed by atoms with Crippen molar-refractivity contribution in [3.05, 3.63) is 223 Å². The molecule has 0 atom stereocenters. The minimum atomic E-state index is -0.135. The first kappa shape index (κ1) is 35.9. The summed E-state index contributed by atoms with van der Waals surface area (Å²) < 4.78 is 12.9. The van der Waals surface area contributed by atoms with Gasteiger partial charge in [0.2, 0.25) is 0 Å². The molecule has 1 aliphatic carbocycles. The van der Waals surface area contributed by atoms with E-state index in [0.717, 1.165) is 85.3 Å². The quantitative estimate of drug-likeness (QED) is 0.167. The molecule has 0 N–H and O–H groups in total. The Labute approximate surface area is 361 Å². The summed E-state index contributed by atoms with van der Waals surface area (Å²) in [5.74, 6) is 3.33. The summed E-state index contributed by atoms with van der Waals surface area (Å²) >= 11 is 0. The Morgan fingerprint density at radius 3 is 1.47 bits per heavy atom. The van der Waals surface area contributed by atoms with Gasteiger partial charge in [0.25, 0.3) is 0 Å². The molecule has 296 valence electrons. The highest BCUT2D eigenvalue weighted by molar-refractivity contribution is 5.91. The first-order valence-electron chi connectivity index (χ1n) is 21.2. The molecule has 5 heteroatoms. The Hall–Kier alpha value is -8.02. The van der Waals surface area contributed by atoms with Gasteiger partial charge >= 0.3 is 0 Å². The summed E-state index contributed by atoms with van der Waals surface area (Å²) in [6.07, 6.45) is 0. The van der Waals surface area contributed by atoms with Gasteiger partial charge < -0.3 is 24.2 Å². The van der Waals surface area contributed by atoms with E-state index in [1.807, 2.05) is 42.5 Å². The number of benzene rings is 9. The van der Waals surface area contributed by atoms with E-state index in [9.17, 15) is 0 Å². The van der Waals surface area contributed by atoms with Gasteiger partial charge in [-0.3, -0.25) is 0 Å². The molecule has 62 heavy (non-hydrogen) atoms. The standard InChI is InChI=1S/C57H41N3O2/c1-57(2)47-17-7-6-16-45(47)46-34-33-44(37-48(46)57)58(42-29-31-43(32-30-42)60-49-18-8-11-21-53(49)61-54-22-12-9-19-50(54)60)41-27-24-38(25-28-41)39-26-35-52-56(36-39)62-55-23-13-10-20-51(55)59(52)40-14-4-3-5-15-40/h3-37H,1-2H3. The Morgan fingerprint density at radius 1 is 0.355 bits per heavy atom. The molecule has 0 saturated heterocycles. The maximum Gasteiger partial charge on any atom is 0.152 e. The van der Waals surface area contributed by atoms with Crippen LogP contribution in [0, 0.1) is 0 Å². The van der Waals surface area contributed by atoms with Crippen LogP contribution in [0.25, 0.3) is 22.3 Å². The van der Waals surface area contributed by atoms with Gasteiger partial charge in [-0.2, -0.15) is 0 Å². The van der Waals surface area contributed by atoms with E-state index >= 15 is 0 Å². The fourth-order valence-electron chi connectivity index (χ4n) is 9.61. The van der Waals surface area contributed by atoms with Crippen LogP contribution in [0.4, 0.5) is 51.2 Å². The zero-order chi connectivity index (χ0) is 41.4. The Balaban J connectivity index is 0.939. The Kier molecular flexibility index (Phi) is 8.12. The lowest BCUT2D eigenvalue weighted by atomic mass is 9.82. The minimum Gasteiger partial charge on any atom is -0.453 e. The minimum absolute atomic E-state index is 0.135. The number of para-hydroxylation sites is 7. The third-order valence-electron chi connectivity index (χ3n) is 12.6. The van der Waals surface area contributed by atoms with E-state index in [1.54, 1.807) is 0 Å². The van der Waals surface area contributed by atoms with E-state index in [4.69, 9.17) is 9.47 Å². The number of rotatable bonds is 6. The van der Waals surface area contributed by atoms with Gasteiger partial charge in [0.1, 0.15) is 0 Å². The van der Waals surface area contributed by atoms with Crippen LogP contribution in [-0.4, -0.2) is 0 Å². The van der Waals surface area contributed by atoms with Gasteiger partial charge in [-0.15, -0.1) is 0 Å². The predicted octanol–water partition coefficient (Wildman–Crippen LogP) is 16.3. The maximum absolute atomic E-state index is 6.58. The van der Waals surface area contributed by atoms with Crippen molar-refractivity contribution in [3.63, 3.8) is 0 Å². The van der Waals surface area contributed by atoms with Gasteiger partial charge in [0.15, 0.2) is 23.0 Å². The van der Waals surface area contributed by atoms with Crippen molar-refractivity contribution in [2.24, 2.45) is 0 Å². The largest absolute Gasteiger partial charge is 0.453 e. The van der Waals surface area contributed by atoms with E-state index in [2.05, 4.69) is 198 Å². The summed E-state index contributed by atoms with van der Waals surface area (Å²) in [7, 11) is 0. The highest BCUT2D eigenvalue weighted by Gasteiger charge is 2.36. The van der Waals surface area contributed by atoms with Gasteiger partial charge in [-0.05, 0) is 143 Å². The average Bonchev–Trinajstić information content (AvgIpc) is 3.55. The predicted molar refractivity (Wildman–Crippen MR) is 254 cm³/mol. The topological polar surface area (TPSA) is 28.2 Å². The fourth-order valence-corrected chi connectivity index (χ4v) is 9.61. The van der Waals surface area contributed by atoms with E-state index in [1.165, 1.54) is 22.3 Å². The number of hydrogen-bond donors (Lipinski definition) is 0. The van der Waals surface area contributed by atoms with Crippen molar-refractivity contribution in [2.45, 2.75) is 19.3 Å². The summed E-state index contributed by atoms with van der Waals surface area (Å²) in [5, 5.41) is 0. The zero-order valence-electron chi connectivity index (χ0n) is 34.4. The molecule has 0 amide bonds. The number of anilines is 9. The van der Waals surface area contributed by atoms with Crippen LogP contribution in [0.15, 0.2) is 212 Å². The second kappa shape index (κ2) is 14.0. The van der Waals surface area contributed by atoms with Crippen LogP contribution in [-0.2, 0) is 5.41 Å². The summed E-state index contributed by atoms with van der Waals surface area (Å²) in [4.78, 5) is 6.93. The lowest BCUT2D eigenvalue weighted by Crippen LogP contribution is -2.17. The number of ether oxygens (including phenoxy) is 2. The summed E-state index contributed by atoms with van der Waals surface area (Å²) in [6, 6.07) is 75.3. The molecular weight excluding hydrogens is 759 g/mol. The van der Waals surface area contributed by atoms with Gasteiger partial charge in [0.05, 0.1) is 22.7 Å². The van der Waals surface area contributed by atoms with Crippen LogP contribution in [0.5, 0.6) is 23.0 Å². The normalized spacial score (nSPS) is 13.6. The maximum atomic E-state index is 6.58. The van der Waals surface area contributed by atoms with Gasteiger partial charge in [0, 0.05) is 33.9 Å². The van der Waals surface area contributed by atoms with Crippen LogP contribution in [0.1, 0.15) is 25.0 Å². The van der Waals surface area contributed by atoms with Crippen LogP contribution in [0.3, 0.4) is 0 Å². The lowest BCUT2D eigenvalue weighted by Gasteiger charge is -2.33.